The van der Waals surface area contributed by atoms with E-state index in [1.54, 1.807) is 14.2 Å². The van der Waals surface area contributed by atoms with E-state index in [1.807, 2.05) is 17.8 Å². The van der Waals surface area contributed by atoms with E-state index >= 15 is 0 Å². The summed E-state index contributed by atoms with van der Waals surface area (Å²) in [5, 5.41) is 5.08. The molecule has 2 heterocycles. The van der Waals surface area contributed by atoms with E-state index in [1.165, 1.54) is 32.6 Å². The van der Waals surface area contributed by atoms with Crippen molar-refractivity contribution in [1.29, 1.82) is 0 Å². The van der Waals surface area contributed by atoms with Gasteiger partial charge in [-0.25, -0.2) is 0 Å². The smallest absolute Gasteiger partial charge is 0.160 e. The number of rotatable bonds is 5. The molecule has 2 aromatic carbocycles. The Balaban J connectivity index is 1.70. The lowest BCUT2D eigenvalue weighted by Gasteiger charge is -2.25. The molecule has 1 atom stereocenters. The van der Waals surface area contributed by atoms with Gasteiger partial charge in [-0.1, -0.05) is 12.1 Å². The number of hydrogen-bond acceptors (Lipinski definition) is 4. The molecule has 0 bridgehead atoms. The Kier molecular flexibility index (Phi) is 4.83. The van der Waals surface area contributed by atoms with Crippen LogP contribution >= 0.6 is 11.8 Å². The summed E-state index contributed by atoms with van der Waals surface area (Å²) in [7, 11) is 3.35. The summed E-state index contributed by atoms with van der Waals surface area (Å²) >= 11 is 1.82. The lowest BCUT2D eigenvalue weighted by molar-refractivity contribution is 0.354. The second kappa shape index (κ2) is 7.25. The quantitative estimate of drug-likeness (QED) is 0.658. The van der Waals surface area contributed by atoms with Crippen molar-refractivity contribution in [1.82, 2.24) is 10.3 Å². The number of benzene rings is 2. The molecule has 1 aliphatic heterocycles. The van der Waals surface area contributed by atoms with E-state index in [2.05, 4.69) is 46.9 Å². The van der Waals surface area contributed by atoms with Crippen molar-refractivity contribution in [2.24, 2.45) is 0 Å². The Morgan fingerprint density at radius 1 is 1.12 bits per heavy atom. The zero-order chi connectivity index (χ0) is 18.1. The molecule has 3 aromatic rings. The Morgan fingerprint density at radius 2 is 1.96 bits per heavy atom. The fraction of sp³-hybridized carbons (Fsp3) is 0.333. The van der Waals surface area contributed by atoms with Crippen molar-refractivity contribution >= 4 is 22.7 Å². The van der Waals surface area contributed by atoms with Gasteiger partial charge < -0.3 is 19.8 Å². The Hall–Kier alpha value is -2.11. The largest absolute Gasteiger partial charge is 0.493 e. The van der Waals surface area contributed by atoms with E-state index in [-0.39, 0.29) is 6.04 Å². The molecule has 0 saturated carbocycles. The van der Waals surface area contributed by atoms with Gasteiger partial charge in [0.25, 0.3) is 0 Å². The number of thioether (sulfide) groups is 1. The Labute approximate surface area is 158 Å². The second-order valence-electron chi connectivity index (χ2n) is 6.55. The predicted octanol–water partition coefficient (Wildman–Crippen LogP) is 4.34. The van der Waals surface area contributed by atoms with Crippen molar-refractivity contribution in [2.75, 3.05) is 27.0 Å². The molecule has 0 spiro atoms. The van der Waals surface area contributed by atoms with Crippen LogP contribution in [0.15, 0.2) is 41.3 Å². The van der Waals surface area contributed by atoms with Crippen LogP contribution in [0.3, 0.4) is 0 Å². The number of aromatic nitrogens is 1. The lowest BCUT2D eigenvalue weighted by Crippen LogP contribution is -2.31. The van der Waals surface area contributed by atoms with Gasteiger partial charge in [-0.05, 0) is 61.0 Å². The standard InChI is InChI=1S/C21H24N2O2S/c1-24-17-8-7-13(12-18(17)25-2)11-16-21-14(9-10-22-16)20-15(23-21)5-4-6-19(20)26-3/h4-8,12,16,22-23H,9-11H2,1-3H3. The molecule has 0 aliphatic carbocycles. The molecule has 2 N–H and O–H groups in total. The zero-order valence-electron chi connectivity index (χ0n) is 15.4. The molecule has 136 valence electrons. The van der Waals surface area contributed by atoms with Crippen LogP contribution in [0.5, 0.6) is 11.5 Å². The highest BCUT2D eigenvalue weighted by Crippen LogP contribution is 2.37. The van der Waals surface area contributed by atoms with Crippen molar-refractivity contribution in [2.45, 2.75) is 23.8 Å². The summed E-state index contributed by atoms with van der Waals surface area (Å²) in [4.78, 5) is 5.03. The third-order valence-electron chi connectivity index (χ3n) is 5.14. The first-order chi connectivity index (χ1) is 12.7. The Bertz CT molecular complexity index is 935. The number of hydrogen-bond donors (Lipinski definition) is 2. The minimum absolute atomic E-state index is 0.277. The number of aromatic amines is 1. The number of ether oxygens (including phenoxy) is 2. The van der Waals surface area contributed by atoms with Crippen molar-refractivity contribution in [3.05, 3.63) is 53.2 Å². The van der Waals surface area contributed by atoms with Gasteiger partial charge >= 0.3 is 0 Å². The zero-order valence-corrected chi connectivity index (χ0v) is 16.2. The number of fused-ring (bicyclic) bond motifs is 3. The van der Waals surface area contributed by atoms with Crippen molar-refractivity contribution in [3.63, 3.8) is 0 Å². The summed E-state index contributed by atoms with van der Waals surface area (Å²) in [6.45, 7) is 1.00. The van der Waals surface area contributed by atoms with Gasteiger partial charge in [-0.3, -0.25) is 0 Å². The fourth-order valence-electron chi connectivity index (χ4n) is 3.92. The van der Waals surface area contributed by atoms with Gasteiger partial charge in [0, 0.05) is 21.5 Å². The van der Waals surface area contributed by atoms with E-state index in [4.69, 9.17) is 9.47 Å². The highest BCUT2D eigenvalue weighted by molar-refractivity contribution is 7.98. The average Bonchev–Trinajstić information content (AvgIpc) is 3.07. The maximum atomic E-state index is 5.46. The van der Waals surface area contributed by atoms with Crippen LogP contribution in [-0.2, 0) is 12.8 Å². The summed E-state index contributed by atoms with van der Waals surface area (Å²) in [5.74, 6) is 1.55. The third-order valence-corrected chi connectivity index (χ3v) is 5.92. The molecule has 5 heteroatoms. The molecule has 1 unspecified atom stereocenters. The second-order valence-corrected chi connectivity index (χ2v) is 7.40. The van der Waals surface area contributed by atoms with Crippen molar-refractivity contribution < 1.29 is 9.47 Å². The number of H-pyrrole nitrogens is 1. The van der Waals surface area contributed by atoms with E-state index in [9.17, 15) is 0 Å². The maximum absolute atomic E-state index is 5.46. The van der Waals surface area contributed by atoms with Crippen LogP contribution in [0.2, 0.25) is 0 Å². The van der Waals surface area contributed by atoms with Gasteiger partial charge in [0.05, 0.1) is 20.3 Å². The molecular weight excluding hydrogens is 344 g/mol. The molecule has 26 heavy (non-hydrogen) atoms. The molecule has 0 fully saturated rings. The van der Waals surface area contributed by atoms with Crippen LogP contribution < -0.4 is 14.8 Å². The number of methoxy groups -OCH3 is 2. The first-order valence-corrected chi connectivity index (χ1v) is 10.1. The summed E-state index contributed by atoms with van der Waals surface area (Å²) in [6, 6.07) is 13.0. The van der Waals surface area contributed by atoms with Crippen LogP contribution in [-0.4, -0.2) is 32.0 Å². The molecule has 0 saturated heterocycles. The first kappa shape index (κ1) is 17.3. The molecule has 1 aliphatic rings. The van der Waals surface area contributed by atoms with Crippen LogP contribution in [0.4, 0.5) is 0 Å². The monoisotopic (exact) mass is 368 g/mol. The van der Waals surface area contributed by atoms with Gasteiger partial charge in [-0.15, -0.1) is 11.8 Å². The van der Waals surface area contributed by atoms with Gasteiger partial charge in [-0.2, -0.15) is 0 Å². The van der Waals surface area contributed by atoms with E-state index in [0.717, 1.165) is 30.9 Å². The van der Waals surface area contributed by atoms with E-state index < -0.39 is 0 Å². The van der Waals surface area contributed by atoms with Crippen LogP contribution in [0.1, 0.15) is 22.9 Å². The van der Waals surface area contributed by atoms with Crippen molar-refractivity contribution in [3.8, 4) is 11.5 Å². The first-order valence-electron chi connectivity index (χ1n) is 8.87. The highest BCUT2D eigenvalue weighted by atomic mass is 32.2. The lowest BCUT2D eigenvalue weighted by atomic mass is 9.94. The summed E-state index contributed by atoms with van der Waals surface area (Å²) in [5.41, 5.74) is 5.26. The minimum Gasteiger partial charge on any atom is -0.493 e. The minimum atomic E-state index is 0.277. The summed E-state index contributed by atoms with van der Waals surface area (Å²) in [6.07, 6.45) is 4.13. The van der Waals surface area contributed by atoms with Gasteiger partial charge in [0.15, 0.2) is 11.5 Å². The molecule has 0 radical (unpaired) electrons. The summed E-state index contributed by atoms with van der Waals surface area (Å²) < 4.78 is 10.8. The average molecular weight is 369 g/mol. The molecule has 1 aromatic heterocycles. The van der Waals surface area contributed by atoms with E-state index in [0.29, 0.717) is 0 Å². The normalized spacial score (nSPS) is 16.5. The Morgan fingerprint density at radius 3 is 2.73 bits per heavy atom. The molecule has 4 rings (SSSR count). The SMILES string of the molecule is COc1ccc(CC2NCCc3c2[nH]c2cccc(SC)c32)cc1OC. The maximum Gasteiger partial charge on any atom is 0.160 e. The topological polar surface area (TPSA) is 46.3 Å². The molecule has 0 amide bonds. The van der Waals surface area contributed by atoms with Crippen LogP contribution in [0.25, 0.3) is 10.9 Å². The van der Waals surface area contributed by atoms with Gasteiger partial charge in [0.1, 0.15) is 0 Å². The third kappa shape index (κ3) is 2.95. The number of nitrogens with one attached hydrogen (secondary N) is 2. The van der Waals surface area contributed by atoms with Crippen LogP contribution in [0, 0.1) is 0 Å². The molecule has 4 nitrogen and oxygen atoms in total. The molecular formula is C21H24N2O2S. The highest BCUT2D eigenvalue weighted by Gasteiger charge is 2.25. The fourth-order valence-corrected chi connectivity index (χ4v) is 4.57. The predicted molar refractivity (Wildman–Crippen MR) is 108 cm³/mol. The van der Waals surface area contributed by atoms with Gasteiger partial charge in [0.2, 0.25) is 0 Å².